The highest BCUT2D eigenvalue weighted by Gasteiger charge is 2.13. The Hall–Kier alpha value is -1.77. The van der Waals surface area contributed by atoms with Gasteiger partial charge in [0.1, 0.15) is 0 Å². The van der Waals surface area contributed by atoms with E-state index in [0.29, 0.717) is 23.0 Å². The molecule has 0 aromatic heterocycles. The fraction of sp³-hybridized carbons (Fsp3) is 0.400. The summed E-state index contributed by atoms with van der Waals surface area (Å²) in [7, 11) is 1.56. The van der Waals surface area contributed by atoms with Crippen molar-refractivity contribution in [2.45, 2.75) is 33.1 Å². The molecule has 0 heterocycles. The molecule has 0 radical (unpaired) electrons. The molecule has 0 bridgehead atoms. The summed E-state index contributed by atoms with van der Waals surface area (Å²) < 4.78 is 10.5. The molecule has 0 spiro atoms. The van der Waals surface area contributed by atoms with Gasteiger partial charge in [-0.25, -0.2) is 4.79 Å². The minimum atomic E-state index is -0.440. The van der Waals surface area contributed by atoms with E-state index >= 15 is 0 Å². The molecule has 1 atom stereocenters. The lowest BCUT2D eigenvalue weighted by molar-refractivity contribution is -0.130. The summed E-state index contributed by atoms with van der Waals surface area (Å²) in [6.07, 6.45) is 1.05. The van der Waals surface area contributed by atoms with Crippen LogP contribution < -0.4 is 9.47 Å². The van der Waals surface area contributed by atoms with E-state index in [0.717, 1.165) is 6.42 Å². The second-order valence-corrected chi connectivity index (χ2v) is 4.39. The van der Waals surface area contributed by atoms with Crippen LogP contribution in [0.1, 0.15) is 38.7 Å². The highest BCUT2D eigenvalue weighted by atomic mass is 16.6. The number of esters is 1. The van der Waals surface area contributed by atoms with Crippen molar-refractivity contribution in [1.82, 2.24) is 0 Å². The van der Waals surface area contributed by atoms with E-state index in [1.807, 2.05) is 12.1 Å². The van der Waals surface area contributed by atoms with Crippen LogP contribution in [-0.2, 0) is 4.79 Å². The Bertz CT molecular complexity index is 449. The van der Waals surface area contributed by atoms with Crippen molar-refractivity contribution in [3.63, 3.8) is 0 Å². The van der Waals surface area contributed by atoms with Gasteiger partial charge >= 0.3 is 5.97 Å². The van der Waals surface area contributed by atoms with Crippen LogP contribution in [0.25, 0.3) is 0 Å². The smallest absolute Gasteiger partial charge is 0.338 e. The van der Waals surface area contributed by atoms with E-state index in [1.54, 1.807) is 20.1 Å². The zero-order chi connectivity index (χ0) is 13.7. The zero-order valence-corrected chi connectivity index (χ0v) is 11.4. The van der Waals surface area contributed by atoms with Gasteiger partial charge in [-0.1, -0.05) is 26.5 Å². The maximum absolute atomic E-state index is 11.5. The van der Waals surface area contributed by atoms with E-state index in [9.17, 15) is 4.79 Å². The minimum Gasteiger partial charge on any atom is -0.493 e. The quantitative estimate of drug-likeness (QED) is 0.453. The summed E-state index contributed by atoms with van der Waals surface area (Å²) in [6, 6.07) is 5.63. The van der Waals surface area contributed by atoms with Crippen molar-refractivity contribution in [2.24, 2.45) is 0 Å². The maximum atomic E-state index is 11.5. The van der Waals surface area contributed by atoms with Gasteiger partial charge in [0.15, 0.2) is 11.5 Å². The Morgan fingerprint density at radius 3 is 2.56 bits per heavy atom. The number of carbonyl (C=O) groups excluding carboxylic acids is 1. The number of methoxy groups -OCH3 is 1. The summed E-state index contributed by atoms with van der Waals surface area (Å²) in [4.78, 5) is 11.5. The summed E-state index contributed by atoms with van der Waals surface area (Å²) in [5, 5.41) is 0. The molecule has 1 unspecified atom stereocenters. The molecule has 0 aliphatic carbocycles. The van der Waals surface area contributed by atoms with E-state index in [-0.39, 0.29) is 0 Å². The van der Waals surface area contributed by atoms with Gasteiger partial charge in [-0.2, -0.15) is 0 Å². The summed E-state index contributed by atoms with van der Waals surface area (Å²) in [6.45, 7) is 9.44. The van der Waals surface area contributed by atoms with E-state index in [1.165, 1.54) is 5.56 Å². The third-order valence-corrected chi connectivity index (χ3v) is 2.92. The van der Waals surface area contributed by atoms with Gasteiger partial charge in [-0.3, -0.25) is 0 Å². The number of hydrogen-bond acceptors (Lipinski definition) is 3. The van der Waals surface area contributed by atoms with Crippen molar-refractivity contribution >= 4 is 5.97 Å². The number of benzene rings is 1. The molecule has 3 nitrogen and oxygen atoms in total. The highest BCUT2D eigenvalue weighted by Crippen LogP contribution is 2.32. The first-order valence-electron chi connectivity index (χ1n) is 6.05. The van der Waals surface area contributed by atoms with Gasteiger partial charge in [0.05, 0.1) is 7.11 Å². The number of ether oxygens (including phenoxy) is 2. The number of rotatable bonds is 5. The fourth-order valence-electron chi connectivity index (χ4n) is 1.50. The lowest BCUT2D eigenvalue weighted by Gasteiger charge is -2.14. The second kappa shape index (κ2) is 6.24. The molecule has 0 fully saturated rings. The second-order valence-electron chi connectivity index (χ2n) is 4.39. The molecule has 1 rings (SSSR count). The van der Waals surface area contributed by atoms with Gasteiger partial charge in [0.25, 0.3) is 0 Å². The molecule has 0 amide bonds. The van der Waals surface area contributed by atoms with Gasteiger partial charge in [-0.15, -0.1) is 0 Å². The lowest BCUT2D eigenvalue weighted by Crippen LogP contribution is -2.09. The Kier molecular flexibility index (Phi) is 4.95. The Labute approximate surface area is 108 Å². The lowest BCUT2D eigenvalue weighted by atomic mass is 9.98. The topological polar surface area (TPSA) is 35.5 Å². The van der Waals surface area contributed by atoms with Crippen LogP contribution in [-0.4, -0.2) is 13.1 Å². The van der Waals surface area contributed by atoms with Crippen LogP contribution in [0, 0.1) is 0 Å². The molecular formula is C15H20O3. The van der Waals surface area contributed by atoms with E-state index in [4.69, 9.17) is 9.47 Å². The molecule has 18 heavy (non-hydrogen) atoms. The third-order valence-electron chi connectivity index (χ3n) is 2.92. The van der Waals surface area contributed by atoms with E-state index in [2.05, 4.69) is 20.4 Å². The van der Waals surface area contributed by atoms with Crippen LogP contribution in [0.2, 0.25) is 0 Å². The molecule has 98 valence electrons. The van der Waals surface area contributed by atoms with Crippen LogP contribution in [0.3, 0.4) is 0 Å². The molecular weight excluding hydrogens is 228 g/mol. The molecule has 0 aliphatic heterocycles. The standard InChI is InChI=1S/C15H20O3/c1-6-11(4)12-7-8-13(14(9-12)17-5)18-15(16)10(2)3/h7-9,11H,2,6H2,1,3-5H3. The fourth-order valence-corrected chi connectivity index (χ4v) is 1.50. The predicted molar refractivity (Wildman–Crippen MR) is 72.1 cm³/mol. The van der Waals surface area contributed by atoms with Crippen molar-refractivity contribution in [2.75, 3.05) is 7.11 Å². The van der Waals surface area contributed by atoms with Crippen LogP contribution in [0.15, 0.2) is 30.4 Å². The Balaban J connectivity index is 3.00. The number of hydrogen-bond donors (Lipinski definition) is 0. The average molecular weight is 248 g/mol. The van der Waals surface area contributed by atoms with Gasteiger partial charge in [0.2, 0.25) is 0 Å². The highest BCUT2D eigenvalue weighted by molar-refractivity contribution is 5.89. The first-order valence-corrected chi connectivity index (χ1v) is 6.05. The van der Waals surface area contributed by atoms with Crippen LogP contribution in [0.4, 0.5) is 0 Å². The summed E-state index contributed by atoms with van der Waals surface area (Å²) in [5.74, 6) is 1.01. The summed E-state index contributed by atoms with van der Waals surface area (Å²) >= 11 is 0. The van der Waals surface area contributed by atoms with E-state index < -0.39 is 5.97 Å². The Morgan fingerprint density at radius 2 is 2.06 bits per heavy atom. The van der Waals surface area contributed by atoms with Crippen molar-refractivity contribution in [1.29, 1.82) is 0 Å². The van der Waals surface area contributed by atoms with Crippen LogP contribution in [0.5, 0.6) is 11.5 Å². The maximum Gasteiger partial charge on any atom is 0.338 e. The molecule has 3 heteroatoms. The predicted octanol–water partition coefficient (Wildman–Crippen LogP) is 3.69. The molecule has 0 saturated carbocycles. The minimum absolute atomic E-state index is 0.364. The van der Waals surface area contributed by atoms with Crippen molar-refractivity contribution in [3.8, 4) is 11.5 Å². The SMILES string of the molecule is C=C(C)C(=O)Oc1ccc(C(C)CC)cc1OC. The average Bonchev–Trinajstić information content (AvgIpc) is 2.37. The molecule has 0 saturated heterocycles. The zero-order valence-electron chi connectivity index (χ0n) is 11.4. The molecule has 1 aromatic rings. The van der Waals surface area contributed by atoms with Crippen molar-refractivity contribution in [3.05, 3.63) is 35.9 Å². The third kappa shape index (κ3) is 3.36. The summed E-state index contributed by atoms with van der Waals surface area (Å²) in [5.41, 5.74) is 1.53. The van der Waals surface area contributed by atoms with Gasteiger partial charge < -0.3 is 9.47 Å². The largest absolute Gasteiger partial charge is 0.493 e. The monoisotopic (exact) mass is 248 g/mol. The van der Waals surface area contributed by atoms with Crippen LogP contribution >= 0.6 is 0 Å². The first-order chi connectivity index (χ1) is 8.49. The molecule has 1 aromatic carbocycles. The Morgan fingerprint density at radius 1 is 1.39 bits per heavy atom. The number of carbonyl (C=O) groups is 1. The van der Waals surface area contributed by atoms with Crippen molar-refractivity contribution < 1.29 is 14.3 Å². The van der Waals surface area contributed by atoms with Gasteiger partial charge in [0, 0.05) is 5.57 Å². The normalized spacial score (nSPS) is 11.8. The first kappa shape index (κ1) is 14.3. The molecule has 0 N–H and O–H groups in total. The van der Waals surface area contributed by atoms with Gasteiger partial charge in [-0.05, 0) is 37.0 Å². The molecule has 0 aliphatic rings.